The first-order valence-corrected chi connectivity index (χ1v) is 8.74. The Morgan fingerprint density at radius 2 is 2.04 bits per heavy atom. The molecule has 6 heteroatoms. The Morgan fingerprint density at radius 3 is 2.71 bits per heavy atom. The van der Waals surface area contributed by atoms with Crippen LogP contribution in [0, 0.1) is 0 Å². The SMILES string of the molecule is CCCN(CCc1cccs1)C(=O)c1cccc(OCC(=O)O)c1. The summed E-state index contributed by atoms with van der Waals surface area (Å²) in [5, 5.41) is 10.7. The third kappa shape index (κ3) is 5.38. The fourth-order valence-corrected chi connectivity index (χ4v) is 3.03. The first-order valence-electron chi connectivity index (χ1n) is 7.86. The molecular weight excluding hydrogens is 326 g/mol. The van der Waals surface area contributed by atoms with E-state index in [1.807, 2.05) is 23.3 Å². The first kappa shape index (κ1) is 18.0. The fraction of sp³-hybridized carbons (Fsp3) is 0.333. The number of aliphatic carboxylic acids is 1. The van der Waals surface area contributed by atoms with E-state index < -0.39 is 12.6 Å². The van der Waals surface area contributed by atoms with E-state index >= 15 is 0 Å². The van der Waals surface area contributed by atoms with Crippen LogP contribution in [0.25, 0.3) is 0 Å². The molecule has 0 aliphatic heterocycles. The number of hydrogen-bond donors (Lipinski definition) is 1. The monoisotopic (exact) mass is 347 g/mol. The molecule has 2 rings (SSSR count). The molecule has 0 spiro atoms. The van der Waals surface area contributed by atoms with Crippen LogP contribution < -0.4 is 4.74 Å². The van der Waals surface area contributed by atoms with E-state index in [2.05, 4.69) is 6.07 Å². The van der Waals surface area contributed by atoms with Gasteiger partial charge in [-0.3, -0.25) is 4.79 Å². The van der Waals surface area contributed by atoms with Gasteiger partial charge in [-0.25, -0.2) is 4.79 Å². The van der Waals surface area contributed by atoms with Crippen molar-refractivity contribution in [2.24, 2.45) is 0 Å². The average molecular weight is 347 g/mol. The molecule has 1 heterocycles. The summed E-state index contributed by atoms with van der Waals surface area (Å²) in [6, 6.07) is 10.8. The van der Waals surface area contributed by atoms with Crippen molar-refractivity contribution in [1.29, 1.82) is 0 Å². The maximum atomic E-state index is 12.7. The second kappa shape index (κ2) is 9.08. The minimum atomic E-state index is -1.05. The van der Waals surface area contributed by atoms with E-state index in [1.54, 1.807) is 35.6 Å². The highest BCUT2D eigenvalue weighted by atomic mass is 32.1. The van der Waals surface area contributed by atoms with Gasteiger partial charge in [-0.05, 0) is 42.5 Å². The summed E-state index contributed by atoms with van der Waals surface area (Å²) in [6.45, 7) is 2.96. The van der Waals surface area contributed by atoms with Gasteiger partial charge >= 0.3 is 5.97 Å². The molecule has 0 radical (unpaired) electrons. The summed E-state index contributed by atoms with van der Waals surface area (Å²) in [5.41, 5.74) is 0.512. The Kier molecular flexibility index (Phi) is 6.81. The number of rotatable bonds is 9. The number of carbonyl (C=O) groups is 2. The maximum absolute atomic E-state index is 12.7. The van der Waals surface area contributed by atoms with Crippen LogP contribution >= 0.6 is 11.3 Å². The van der Waals surface area contributed by atoms with E-state index in [0.29, 0.717) is 24.4 Å². The molecule has 128 valence electrons. The molecule has 0 atom stereocenters. The van der Waals surface area contributed by atoms with E-state index in [0.717, 1.165) is 12.8 Å². The maximum Gasteiger partial charge on any atom is 0.341 e. The van der Waals surface area contributed by atoms with Crippen molar-refractivity contribution in [1.82, 2.24) is 4.90 Å². The number of hydrogen-bond acceptors (Lipinski definition) is 4. The molecule has 0 saturated carbocycles. The minimum Gasteiger partial charge on any atom is -0.482 e. The third-order valence-corrected chi connectivity index (χ3v) is 4.37. The molecule has 2 aromatic rings. The van der Waals surface area contributed by atoms with Crippen molar-refractivity contribution >= 4 is 23.2 Å². The molecule has 0 aliphatic carbocycles. The van der Waals surface area contributed by atoms with Crippen molar-refractivity contribution in [2.45, 2.75) is 19.8 Å². The quantitative estimate of drug-likeness (QED) is 0.756. The van der Waals surface area contributed by atoms with E-state index in [-0.39, 0.29) is 5.91 Å². The normalized spacial score (nSPS) is 10.4. The lowest BCUT2D eigenvalue weighted by molar-refractivity contribution is -0.139. The number of carboxylic acids is 1. The first-order chi connectivity index (χ1) is 11.6. The molecule has 1 amide bonds. The number of carboxylic acid groups (broad SMARTS) is 1. The molecule has 24 heavy (non-hydrogen) atoms. The Morgan fingerprint density at radius 1 is 1.21 bits per heavy atom. The standard InChI is InChI=1S/C18H21NO4S/c1-2-9-19(10-8-16-7-4-11-24-16)18(22)14-5-3-6-15(12-14)23-13-17(20)21/h3-7,11-12H,2,8-10,13H2,1H3,(H,20,21). The molecular formula is C18H21NO4S. The topological polar surface area (TPSA) is 66.8 Å². The van der Waals surface area contributed by atoms with Crippen molar-refractivity contribution < 1.29 is 19.4 Å². The van der Waals surface area contributed by atoms with Crippen molar-refractivity contribution in [3.63, 3.8) is 0 Å². The largest absolute Gasteiger partial charge is 0.482 e. The van der Waals surface area contributed by atoms with Crippen molar-refractivity contribution in [3.05, 3.63) is 52.2 Å². The van der Waals surface area contributed by atoms with Gasteiger partial charge in [0.1, 0.15) is 5.75 Å². The molecule has 0 aliphatic rings. The van der Waals surface area contributed by atoms with E-state index in [9.17, 15) is 9.59 Å². The number of thiophene rings is 1. The highest BCUT2D eigenvalue weighted by Gasteiger charge is 2.16. The van der Waals surface area contributed by atoms with Crippen molar-refractivity contribution in [2.75, 3.05) is 19.7 Å². The van der Waals surface area contributed by atoms with Crippen molar-refractivity contribution in [3.8, 4) is 5.75 Å². The van der Waals surface area contributed by atoms with Gasteiger partial charge in [-0.2, -0.15) is 0 Å². The van der Waals surface area contributed by atoms with Gasteiger partial charge in [0.25, 0.3) is 5.91 Å². The summed E-state index contributed by atoms with van der Waals surface area (Å²) in [4.78, 5) is 26.4. The predicted molar refractivity (Wildman–Crippen MR) is 93.8 cm³/mol. The summed E-state index contributed by atoms with van der Waals surface area (Å²) >= 11 is 1.69. The Labute approximate surface area is 145 Å². The number of ether oxygens (including phenoxy) is 1. The number of benzene rings is 1. The van der Waals surface area contributed by atoms with Gasteiger partial charge in [0.05, 0.1) is 0 Å². The molecule has 0 bridgehead atoms. The van der Waals surface area contributed by atoms with Gasteiger partial charge < -0.3 is 14.7 Å². The number of nitrogens with zero attached hydrogens (tertiary/aromatic N) is 1. The molecule has 0 unspecified atom stereocenters. The Hall–Kier alpha value is -2.34. The van der Waals surface area contributed by atoms with Crippen LogP contribution in [0.15, 0.2) is 41.8 Å². The van der Waals surface area contributed by atoms with Gasteiger partial charge in [0.15, 0.2) is 6.61 Å². The van der Waals surface area contributed by atoms with Crippen LogP contribution in [0.1, 0.15) is 28.6 Å². The zero-order valence-electron chi connectivity index (χ0n) is 13.6. The Balaban J connectivity index is 2.04. The smallest absolute Gasteiger partial charge is 0.341 e. The molecule has 1 aromatic carbocycles. The van der Waals surface area contributed by atoms with Crippen LogP contribution in [0.5, 0.6) is 5.75 Å². The van der Waals surface area contributed by atoms with Crippen LogP contribution in [0.2, 0.25) is 0 Å². The number of carbonyl (C=O) groups excluding carboxylic acids is 1. The van der Waals surface area contributed by atoms with Crippen LogP contribution in [0.4, 0.5) is 0 Å². The van der Waals surface area contributed by atoms with Gasteiger partial charge in [-0.1, -0.05) is 19.1 Å². The van der Waals surface area contributed by atoms with Gasteiger partial charge in [-0.15, -0.1) is 11.3 Å². The molecule has 1 N–H and O–H groups in total. The van der Waals surface area contributed by atoms with Crippen LogP contribution in [-0.4, -0.2) is 41.6 Å². The molecule has 5 nitrogen and oxygen atoms in total. The zero-order valence-corrected chi connectivity index (χ0v) is 14.4. The highest BCUT2D eigenvalue weighted by molar-refractivity contribution is 7.09. The fourth-order valence-electron chi connectivity index (χ4n) is 2.33. The minimum absolute atomic E-state index is 0.0609. The summed E-state index contributed by atoms with van der Waals surface area (Å²) in [7, 11) is 0. The highest BCUT2D eigenvalue weighted by Crippen LogP contribution is 2.16. The number of amides is 1. The lowest BCUT2D eigenvalue weighted by Gasteiger charge is -2.22. The second-order valence-corrected chi connectivity index (χ2v) is 6.36. The van der Waals surface area contributed by atoms with E-state index in [4.69, 9.17) is 9.84 Å². The van der Waals surface area contributed by atoms with Crippen LogP contribution in [-0.2, 0) is 11.2 Å². The average Bonchev–Trinajstić information content (AvgIpc) is 3.10. The third-order valence-electron chi connectivity index (χ3n) is 3.43. The lowest BCUT2D eigenvalue weighted by Crippen LogP contribution is -2.33. The van der Waals surface area contributed by atoms with Gasteiger partial charge in [0.2, 0.25) is 0 Å². The Bertz CT molecular complexity index is 669. The predicted octanol–water partition coefficient (Wildman–Crippen LogP) is 3.31. The lowest BCUT2D eigenvalue weighted by atomic mass is 10.1. The van der Waals surface area contributed by atoms with E-state index in [1.165, 1.54) is 4.88 Å². The summed E-state index contributed by atoms with van der Waals surface area (Å²) < 4.78 is 5.15. The summed E-state index contributed by atoms with van der Waals surface area (Å²) in [6.07, 6.45) is 1.71. The zero-order chi connectivity index (χ0) is 17.4. The molecule has 1 aromatic heterocycles. The molecule has 0 saturated heterocycles. The molecule has 0 fully saturated rings. The van der Waals surface area contributed by atoms with Gasteiger partial charge in [0, 0.05) is 23.5 Å². The summed E-state index contributed by atoms with van der Waals surface area (Å²) in [5.74, 6) is -0.720. The van der Waals surface area contributed by atoms with Crippen LogP contribution in [0.3, 0.4) is 0 Å². The second-order valence-electron chi connectivity index (χ2n) is 5.33.